The van der Waals surface area contributed by atoms with Gasteiger partial charge in [0, 0.05) is 13.0 Å². The topological polar surface area (TPSA) is 120 Å². The molecule has 0 spiro atoms. The summed E-state index contributed by atoms with van der Waals surface area (Å²) in [6, 6.07) is 13.5. The number of aryl methyl sites for hydroxylation is 5. The minimum Gasteiger partial charge on any atom is -0.505 e. The van der Waals surface area contributed by atoms with Crippen molar-refractivity contribution in [3.63, 3.8) is 0 Å². The fourth-order valence-electron chi connectivity index (χ4n) is 3.37. The van der Waals surface area contributed by atoms with Gasteiger partial charge in [0.2, 0.25) is 0 Å². The minimum atomic E-state index is -0.908. The number of nitrogens with one attached hydrogen (secondary N) is 1. The lowest BCUT2D eigenvalue weighted by molar-refractivity contribution is -0.137. The van der Waals surface area contributed by atoms with E-state index in [0.29, 0.717) is 24.2 Å². The molecule has 0 fully saturated rings. The molecule has 2 aromatic carbocycles. The number of nitrogens with zero attached hydrogens (tertiary/aromatic N) is 3. The number of carbonyl (C=O) groups is 1. The normalized spacial score (nSPS) is 11.3. The summed E-state index contributed by atoms with van der Waals surface area (Å²) in [7, 11) is 0. The molecule has 0 atom stereocenters. The van der Waals surface area contributed by atoms with Gasteiger partial charge >= 0.3 is 5.97 Å². The molecule has 0 aliphatic heterocycles. The van der Waals surface area contributed by atoms with Gasteiger partial charge in [0.05, 0.1) is 5.69 Å². The molecule has 31 heavy (non-hydrogen) atoms. The quantitative estimate of drug-likeness (QED) is 0.438. The van der Waals surface area contributed by atoms with Gasteiger partial charge in [-0.2, -0.15) is 0 Å². The Morgan fingerprint density at radius 1 is 1.10 bits per heavy atom. The van der Waals surface area contributed by atoms with Crippen LogP contribution in [0.1, 0.15) is 35.2 Å². The predicted octanol–water partition coefficient (Wildman–Crippen LogP) is 4.56. The smallest absolute Gasteiger partial charge is 0.303 e. The number of benzene rings is 2. The van der Waals surface area contributed by atoms with Crippen LogP contribution in [0.15, 0.2) is 57.5 Å². The fraction of sp³-hybridized carbons (Fsp3) is 0.304. The van der Waals surface area contributed by atoms with E-state index in [9.17, 15) is 14.7 Å². The molecule has 1 heterocycles. The van der Waals surface area contributed by atoms with Gasteiger partial charge in [-0.05, 0) is 50.3 Å². The third-order valence-corrected chi connectivity index (χ3v) is 5.00. The molecule has 3 N–H and O–H groups in total. The van der Waals surface area contributed by atoms with E-state index in [-0.39, 0.29) is 30.0 Å². The van der Waals surface area contributed by atoms with Crippen molar-refractivity contribution in [2.75, 3.05) is 0 Å². The highest BCUT2D eigenvalue weighted by atomic mass is 16.4. The third-order valence-electron chi connectivity index (χ3n) is 5.00. The van der Waals surface area contributed by atoms with E-state index in [0.717, 1.165) is 12.0 Å². The Morgan fingerprint density at radius 2 is 1.87 bits per heavy atom. The SMILES string of the molecule is Cc1cccc(CCc2cccc(N=Nc3c(C)[nH]n(CCCC(=O)O)c3=O)c2O)c1. The molecule has 0 aliphatic rings. The maximum atomic E-state index is 12.5. The van der Waals surface area contributed by atoms with Gasteiger partial charge in [-0.3, -0.25) is 19.4 Å². The van der Waals surface area contributed by atoms with Crippen LogP contribution in [-0.2, 0) is 24.2 Å². The number of hydrogen-bond donors (Lipinski definition) is 3. The molecular weight excluding hydrogens is 396 g/mol. The first-order valence-corrected chi connectivity index (χ1v) is 10.1. The molecule has 3 rings (SSSR count). The number of aromatic nitrogens is 2. The van der Waals surface area contributed by atoms with Crippen LogP contribution in [0.25, 0.3) is 0 Å². The molecule has 8 nitrogen and oxygen atoms in total. The molecule has 0 saturated heterocycles. The summed E-state index contributed by atoms with van der Waals surface area (Å²) in [4.78, 5) is 23.1. The molecule has 0 aliphatic carbocycles. The standard InChI is InChI=1S/C23H26N4O4/c1-15-6-3-7-17(14-15)11-12-18-8-4-9-19(22(18)30)24-25-21-16(2)26-27(23(21)31)13-5-10-20(28)29/h3-4,6-9,14,26,30H,5,10-13H2,1-2H3,(H,28,29). The van der Waals surface area contributed by atoms with Crippen molar-refractivity contribution < 1.29 is 15.0 Å². The maximum absolute atomic E-state index is 12.5. The number of azo groups is 1. The average molecular weight is 422 g/mol. The zero-order chi connectivity index (χ0) is 22.4. The minimum absolute atomic E-state index is 0.0232. The lowest BCUT2D eigenvalue weighted by atomic mass is 10.0. The maximum Gasteiger partial charge on any atom is 0.303 e. The number of hydrogen-bond acceptors (Lipinski definition) is 5. The summed E-state index contributed by atoms with van der Waals surface area (Å²) in [6.45, 7) is 3.99. The van der Waals surface area contributed by atoms with E-state index >= 15 is 0 Å². The second-order valence-electron chi connectivity index (χ2n) is 7.51. The Morgan fingerprint density at radius 3 is 2.61 bits per heavy atom. The van der Waals surface area contributed by atoms with Crippen molar-refractivity contribution in [2.24, 2.45) is 10.2 Å². The van der Waals surface area contributed by atoms with E-state index in [2.05, 4.69) is 27.5 Å². The van der Waals surface area contributed by atoms with Crippen LogP contribution in [0.5, 0.6) is 5.75 Å². The predicted molar refractivity (Wildman–Crippen MR) is 118 cm³/mol. The lowest BCUT2D eigenvalue weighted by Crippen LogP contribution is -2.17. The number of aliphatic carboxylic acids is 1. The van der Waals surface area contributed by atoms with Crippen LogP contribution in [0.4, 0.5) is 11.4 Å². The third kappa shape index (κ3) is 5.69. The molecule has 0 bridgehead atoms. The van der Waals surface area contributed by atoms with Crippen molar-refractivity contribution in [1.82, 2.24) is 9.78 Å². The largest absolute Gasteiger partial charge is 0.505 e. The first-order valence-electron chi connectivity index (χ1n) is 10.1. The van der Waals surface area contributed by atoms with Crippen molar-refractivity contribution in [3.05, 3.63) is 75.2 Å². The summed E-state index contributed by atoms with van der Waals surface area (Å²) in [6.07, 6.45) is 1.74. The number of carboxylic acid groups (broad SMARTS) is 1. The van der Waals surface area contributed by atoms with Crippen LogP contribution < -0.4 is 5.56 Å². The molecular formula is C23H26N4O4. The molecule has 3 aromatic rings. The van der Waals surface area contributed by atoms with Crippen molar-refractivity contribution >= 4 is 17.3 Å². The van der Waals surface area contributed by atoms with Crippen LogP contribution in [0.2, 0.25) is 0 Å². The highest BCUT2D eigenvalue weighted by Crippen LogP contribution is 2.32. The Kier molecular flexibility index (Phi) is 7.02. The second kappa shape index (κ2) is 9.88. The van der Waals surface area contributed by atoms with E-state index in [1.54, 1.807) is 19.1 Å². The Hall–Kier alpha value is -3.68. The van der Waals surface area contributed by atoms with Gasteiger partial charge in [0.1, 0.15) is 11.4 Å². The molecule has 0 saturated carbocycles. The monoisotopic (exact) mass is 422 g/mol. The zero-order valence-electron chi connectivity index (χ0n) is 17.6. The van der Waals surface area contributed by atoms with Gasteiger partial charge in [-0.15, -0.1) is 10.2 Å². The number of aromatic amines is 1. The summed E-state index contributed by atoms with van der Waals surface area (Å²) in [5.41, 5.74) is 3.73. The lowest BCUT2D eigenvalue weighted by Gasteiger charge is -2.07. The Labute approximate surface area is 179 Å². The number of phenols is 1. The first-order chi connectivity index (χ1) is 14.8. The number of carboxylic acids is 1. The molecule has 0 unspecified atom stereocenters. The molecule has 8 heteroatoms. The summed E-state index contributed by atoms with van der Waals surface area (Å²) in [5.74, 6) is -0.858. The number of para-hydroxylation sites is 1. The molecule has 0 amide bonds. The molecule has 1 aromatic heterocycles. The van der Waals surface area contributed by atoms with E-state index in [4.69, 9.17) is 5.11 Å². The second-order valence-corrected chi connectivity index (χ2v) is 7.51. The highest BCUT2D eigenvalue weighted by molar-refractivity contribution is 5.66. The van der Waals surface area contributed by atoms with Crippen molar-refractivity contribution in [3.8, 4) is 5.75 Å². The van der Waals surface area contributed by atoms with Crippen LogP contribution in [0, 0.1) is 13.8 Å². The summed E-state index contributed by atoms with van der Waals surface area (Å²) >= 11 is 0. The van der Waals surface area contributed by atoms with Gasteiger partial charge < -0.3 is 10.2 Å². The molecule has 0 radical (unpaired) electrons. The van der Waals surface area contributed by atoms with E-state index < -0.39 is 5.97 Å². The number of rotatable bonds is 9. The highest BCUT2D eigenvalue weighted by Gasteiger charge is 2.12. The average Bonchev–Trinajstić information content (AvgIpc) is 2.99. The number of phenolic OH excluding ortho intramolecular Hbond substituents is 1. The number of aromatic hydroxyl groups is 1. The first kappa shape index (κ1) is 22.0. The van der Waals surface area contributed by atoms with E-state index in [1.165, 1.54) is 15.8 Å². The summed E-state index contributed by atoms with van der Waals surface area (Å²) < 4.78 is 1.32. The van der Waals surface area contributed by atoms with E-state index in [1.807, 2.05) is 25.1 Å². The summed E-state index contributed by atoms with van der Waals surface area (Å²) in [5, 5.41) is 30.4. The van der Waals surface area contributed by atoms with Gasteiger partial charge in [0.25, 0.3) is 5.56 Å². The van der Waals surface area contributed by atoms with Crippen molar-refractivity contribution in [1.29, 1.82) is 0 Å². The fourth-order valence-corrected chi connectivity index (χ4v) is 3.37. The zero-order valence-corrected chi connectivity index (χ0v) is 17.6. The van der Waals surface area contributed by atoms with Gasteiger partial charge in [-0.25, -0.2) is 0 Å². The Bertz CT molecular complexity index is 1160. The van der Waals surface area contributed by atoms with Crippen LogP contribution in [-0.4, -0.2) is 26.0 Å². The van der Waals surface area contributed by atoms with Crippen LogP contribution in [0.3, 0.4) is 0 Å². The molecule has 162 valence electrons. The van der Waals surface area contributed by atoms with Gasteiger partial charge in [-0.1, -0.05) is 42.0 Å². The van der Waals surface area contributed by atoms with Gasteiger partial charge in [0.15, 0.2) is 5.69 Å². The van der Waals surface area contributed by atoms with Crippen molar-refractivity contribution in [2.45, 2.75) is 46.1 Å². The van der Waals surface area contributed by atoms with Crippen LogP contribution >= 0.6 is 0 Å². The Balaban J connectivity index is 1.74. The number of H-pyrrole nitrogens is 1.